The van der Waals surface area contributed by atoms with Crippen LogP contribution in [-0.2, 0) is 9.59 Å². The molecule has 0 aliphatic heterocycles. The van der Waals surface area contributed by atoms with Crippen LogP contribution in [0.25, 0.3) is 0 Å². The van der Waals surface area contributed by atoms with E-state index in [1.54, 1.807) is 12.1 Å². The topological polar surface area (TPSA) is 66.4 Å². The predicted molar refractivity (Wildman–Crippen MR) is 65.9 cm³/mol. The van der Waals surface area contributed by atoms with E-state index in [1.165, 1.54) is 5.56 Å². The molecular weight excluding hydrogens is 218 g/mol. The molecule has 0 saturated heterocycles. The molecule has 1 rings (SSSR count). The summed E-state index contributed by atoms with van der Waals surface area (Å²) in [5, 5.41) is 10.9. The highest BCUT2D eigenvalue weighted by molar-refractivity contribution is 6.02. The minimum atomic E-state index is -1.14. The molecule has 0 atom stereocenters. The molecular formula is C13H15NO3. The van der Waals surface area contributed by atoms with Gasteiger partial charge in [0.15, 0.2) is 0 Å². The summed E-state index contributed by atoms with van der Waals surface area (Å²) in [5.41, 5.74) is 1.83. The zero-order chi connectivity index (χ0) is 12.8. The Hall–Kier alpha value is -2.10. The van der Waals surface area contributed by atoms with Crippen molar-refractivity contribution in [2.75, 3.05) is 5.32 Å². The van der Waals surface area contributed by atoms with Gasteiger partial charge in [-0.15, -0.1) is 0 Å². The third-order valence-corrected chi connectivity index (χ3v) is 2.22. The zero-order valence-electron chi connectivity index (χ0n) is 9.81. The Morgan fingerprint density at radius 2 is 1.76 bits per heavy atom. The smallest absolute Gasteiger partial charge is 0.328 e. The quantitative estimate of drug-likeness (QED) is 0.785. The van der Waals surface area contributed by atoms with Crippen LogP contribution in [0, 0.1) is 0 Å². The first kappa shape index (κ1) is 13.0. The van der Waals surface area contributed by atoms with Crippen molar-refractivity contribution in [2.45, 2.75) is 19.8 Å². The summed E-state index contributed by atoms with van der Waals surface area (Å²) in [6, 6.07) is 7.45. The van der Waals surface area contributed by atoms with Crippen LogP contribution >= 0.6 is 0 Å². The van der Waals surface area contributed by atoms with E-state index in [1.807, 2.05) is 12.1 Å². The minimum Gasteiger partial charge on any atom is -0.478 e. The van der Waals surface area contributed by atoms with Gasteiger partial charge >= 0.3 is 5.97 Å². The number of carbonyl (C=O) groups excluding carboxylic acids is 1. The number of benzene rings is 1. The van der Waals surface area contributed by atoms with Crippen LogP contribution in [0.2, 0.25) is 0 Å². The molecule has 1 aromatic carbocycles. The number of nitrogens with one attached hydrogen (secondary N) is 1. The second-order valence-electron chi connectivity index (χ2n) is 3.94. The lowest BCUT2D eigenvalue weighted by atomic mass is 10.0. The van der Waals surface area contributed by atoms with Crippen molar-refractivity contribution in [3.8, 4) is 0 Å². The molecule has 4 heteroatoms. The van der Waals surface area contributed by atoms with Gasteiger partial charge in [0, 0.05) is 17.8 Å². The fraction of sp³-hybridized carbons (Fsp3) is 0.231. The molecule has 0 heterocycles. The molecule has 0 radical (unpaired) electrons. The largest absolute Gasteiger partial charge is 0.478 e. The fourth-order valence-electron chi connectivity index (χ4n) is 1.28. The van der Waals surface area contributed by atoms with Gasteiger partial charge < -0.3 is 10.4 Å². The average molecular weight is 233 g/mol. The van der Waals surface area contributed by atoms with Crippen molar-refractivity contribution in [2.24, 2.45) is 0 Å². The average Bonchev–Trinajstić information content (AvgIpc) is 2.27. The Morgan fingerprint density at radius 3 is 2.24 bits per heavy atom. The molecule has 17 heavy (non-hydrogen) atoms. The van der Waals surface area contributed by atoms with E-state index in [0.29, 0.717) is 11.6 Å². The Morgan fingerprint density at radius 1 is 1.18 bits per heavy atom. The number of amides is 1. The lowest BCUT2D eigenvalue weighted by Crippen LogP contribution is -2.08. The Kier molecular flexibility index (Phi) is 4.46. The summed E-state index contributed by atoms with van der Waals surface area (Å²) < 4.78 is 0. The van der Waals surface area contributed by atoms with Crippen molar-refractivity contribution < 1.29 is 14.7 Å². The molecule has 0 bridgehead atoms. The molecule has 1 aromatic rings. The van der Waals surface area contributed by atoms with Crippen LogP contribution in [0.3, 0.4) is 0 Å². The van der Waals surface area contributed by atoms with Gasteiger partial charge in [-0.3, -0.25) is 4.79 Å². The number of hydrogen-bond donors (Lipinski definition) is 2. The van der Waals surface area contributed by atoms with Gasteiger partial charge in [-0.25, -0.2) is 4.79 Å². The lowest BCUT2D eigenvalue weighted by Gasteiger charge is -2.06. The SMILES string of the molecule is CC(C)c1ccc(NC(=O)/C=C\C(=O)O)cc1. The third-order valence-electron chi connectivity index (χ3n) is 2.22. The van der Waals surface area contributed by atoms with Gasteiger partial charge in [0.25, 0.3) is 0 Å². The van der Waals surface area contributed by atoms with Crippen LogP contribution < -0.4 is 5.32 Å². The first-order chi connectivity index (χ1) is 7.99. The molecule has 0 saturated carbocycles. The molecule has 1 amide bonds. The first-order valence-corrected chi connectivity index (χ1v) is 5.31. The van der Waals surface area contributed by atoms with E-state index in [0.717, 1.165) is 12.2 Å². The molecule has 0 fully saturated rings. The van der Waals surface area contributed by atoms with E-state index in [-0.39, 0.29) is 0 Å². The normalized spacial score (nSPS) is 10.8. The first-order valence-electron chi connectivity index (χ1n) is 5.31. The Labute approximate surface area is 100.0 Å². The monoisotopic (exact) mass is 233 g/mol. The maximum atomic E-state index is 11.3. The van der Waals surface area contributed by atoms with Gasteiger partial charge in [-0.2, -0.15) is 0 Å². The molecule has 0 unspecified atom stereocenters. The molecule has 0 aromatic heterocycles. The van der Waals surface area contributed by atoms with Crippen molar-refractivity contribution >= 4 is 17.6 Å². The number of carboxylic acids is 1. The molecule has 0 aliphatic carbocycles. The Balaban J connectivity index is 2.63. The van der Waals surface area contributed by atoms with E-state index >= 15 is 0 Å². The highest BCUT2D eigenvalue weighted by Gasteiger charge is 2.01. The van der Waals surface area contributed by atoms with Gasteiger partial charge in [-0.05, 0) is 23.6 Å². The second kappa shape index (κ2) is 5.84. The van der Waals surface area contributed by atoms with Gasteiger partial charge in [0.1, 0.15) is 0 Å². The summed E-state index contributed by atoms with van der Waals surface area (Å²) in [7, 11) is 0. The number of hydrogen-bond acceptors (Lipinski definition) is 2. The van der Waals surface area contributed by atoms with Crippen molar-refractivity contribution in [3.63, 3.8) is 0 Å². The molecule has 0 spiro atoms. The van der Waals surface area contributed by atoms with E-state index in [4.69, 9.17) is 5.11 Å². The maximum Gasteiger partial charge on any atom is 0.328 e. The number of aliphatic carboxylic acids is 1. The van der Waals surface area contributed by atoms with Crippen molar-refractivity contribution in [3.05, 3.63) is 42.0 Å². The summed E-state index contributed by atoms with van der Waals surface area (Å²) >= 11 is 0. The van der Waals surface area contributed by atoms with Gasteiger partial charge in [-0.1, -0.05) is 26.0 Å². The highest BCUT2D eigenvalue weighted by Crippen LogP contribution is 2.16. The third kappa shape index (κ3) is 4.51. The molecule has 90 valence electrons. The van der Waals surface area contributed by atoms with E-state index in [9.17, 15) is 9.59 Å². The van der Waals surface area contributed by atoms with Crippen LogP contribution in [-0.4, -0.2) is 17.0 Å². The molecule has 2 N–H and O–H groups in total. The fourth-order valence-corrected chi connectivity index (χ4v) is 1.28. The second-order valence-corrected chi connectivity index (χ2v) is 3.94. The minimum absolute atomic E-state index is 0.437. The van der Waals surface area contributed by atoms with Gasteiger partial charge in [0.05, 0.1) is 0 Å². The van der Waals surface area contributed by atoms with Gasteiger partial charge in [0.2, 0.25) is 5.91 Å². The number of carboxylic acid groups (broad SMARTS) is 1. The summed E-state index contributed by atoms with van der Waals surface area (Å²) in [6.45, 7) is 4.17. The number of carbonyl (C=O) groups is 2. The van der Waals surface area contributed by atoms with E-state index < -0.39 is 11.9 Å². The number of rotatable bonds is 4. The molecule has 4 nitrogen and oxygen atoms in total. The zero-order valence-corrected chi connectivity index (χ0v) is 9.81. The number of anilines is 1. The standard InChI is InChI=1S/C13H15NO3/c1-9(2)10-3-5-11(6-4-10)14-12(15)7-8-13(16)17/h3-9H,1-2H3,(H,14,15)(H,16,17)/b8-7-. The van der Waals surface area contributed by atoms with Crippen LogP contribution in [0.5, 0.6) is 0 Å². The van der Waals surface area contributed by atoms with Crippen molar-refractivity contribution in [1.29, 1.82) is 0 Å². The highest BCUT2D eigenvalue weighted by atomic mass is 16.4. The summed E-state index contributed by atoms with van der Waals surface area (Å²) in [4.78, 5) is 21.5. The summed E-state index contributed by atoms with van der Waals surface area (Å²) in [5.74, 6) is -1.16. The van der Waals surface area contributed by atoms with Crippen LogP contribution in [0.15, 0.2) is 36.4 Å². The van der Waals surface area contributed by atoms with Crippen molar-refractivity contribution in [1.82, 2.24) is 0 Å². The van der Waals surface area contributed by atoms with E-state index in [2.05, 4.69) is 19.2 Å². The Bertz CT molecular complexity index is 432. The summed E-state index contributed by atoms with van der Waals surface area (Å²) in [6.07, 6.45) is 1.79. The maximum absolute atomic E-state index is 11.3. The van der Waals surface area contributed by atoms with Crippen LogP contribution in [0.4, 0.5) is 5.69 Å². The predicted octanol–water partition coefficient (Wildman–Crippen LogP) is 2.39. The lowest BCUT2D eigenvalue weighted by molar-refractivity contribution is -0.131. The molecule has 0 aliphatic rings. The van der Waals surface area contributed by atoms with Crippen LogP contribution in [0.1, 0.15) is 25.3 Å².